The molecular weight excluding hydrogens is 362 g/mol. The predicted octanol–water partition coefficient (Wildman–Crippen LogP) is 2.55. The maximum absolute atomic E-state index is 12.1. The minimum atomic E-state index is -0.417. The summed E-state index contributed by atoms with van der Waals surface area (Å²) in [4.78, 5) is 25.8. The van der Waals surface area contributed by atoms with Crippen molar-refractivity contribution in [1.29, 1.82) is 0 Å². The van der Waals surface area contributed by atoms with Crippen molar-refractivity contribution in [2.75, 3.05) is 11.4 Å². The number of carbonyl (C=O) groups is 2. The van der Waals surface area contributed by atoms with Crippen molar-refractivity contribution in [3.63, 3.8) is 0 Å². The molecule has 23 heavy (non-hydrogen) atoms. The molecule has 0 unspecified atom stereocenters. The van der Waals surface area contributed by atoms with Gasteiger partial charge in [-0.15, -0.1) is 0 Å². The summed E-state index contributed by atoms with van der Waals surface area (Å²) in [7, 11) is 0. The molecule has 118 valence electrons. The zero-order chi connectivity index (χ0) is 16.2. The molecule has 2 heterocycles. The number of carbonyl (C=O) groups excluding carboxylic acids is 2. The van der Waals surface area contributed by atoms with Crippen LogP contribution < -0.4 is 10.3 Å². The number of benzene rings is 1. The summed E-state index contributed by atoms with van der Waals surface area (Å²) in [5, 5.41) is 3.84. The first-order valence-corrected chi connectivity index (χ1v) is 7.85. The summed E-state index contributed by atoms with van der Waals surface area (Å²) in [6.45, 7) is 0.350. The molecule has 6 nitrogen and oxygen atoms in total. The number of hydrogen-bond acceptors (Lipinski definition) is 4. The van der Waals surface area contributed by atoms with Gasteiger partial charge in [0.05, 0.1) is 18.4 Å². The lowest BCUT2D eigenvalue weighted by Gasteiger charge is -2.16. The molecule has 0 spiro atoms. The van der Waals surface area contributed by atoms with Crippen molar-refractivity contribution >= 4 is 39.6 Å². The Morgan fingerprint density at radius 2 is 2.13 bits per heavy atom. The van der Waals surface area contributed by atoms with Crippen LogP contribution in [0, 0.1) is 5.92 Å². The van der Waals surface area contributed by atoms with Crippen LogP contribution in [0.3, 0.4) is 0 Å². The quantitative estimate of drug-likeness (QED) is 0.658. The molecule has 1 aromatic carbocycles. The average Bonchev–Trinajstić information content (AvgIpc) is 3.18. The summed E-state index contributed by atoms with van der Waals surface area (Å²) in [6.07, 6.45) is 3.12. The molecule has 0 saturated carbocycles. The minimum absolute atomic E-state index is 0.0671. The molecule has 1 aliphatic rings. The van der Waals surface area contributed by atoms with Crippen LogP contribution in [-0.2, 0) is 9.59 Å². The normalized spacial score (nSPS) is 17.9. The third-order valence-electron chi connectivity index (χ3n) is 3.54. The van der Waals surface area contributed by atoms with Gasteiger partial charge in [-0.1, -0.05) is 15.9 Å². The summed E-state index contributed by atoms with van der Waals surface area (Å²) >= 11 is 3.36. The Hall–Kier alpha value is -2.41. The van der Waals surface area contributed by atoms with Crippen LogP contribution in [0.15, 0.2) is 56.7 Å². The van der Waals surface area contributed by atoms with Crippen molar-refractivity contribution < 1.29 is 14.0 Å². The van der Waals surface area contributed by atoms with E-state index in [4.69, 9.17) is 4.42 Å². The molecular formula is C16H14BrN3O3. The molecule has 0 radical (unpaired) electrons. The lowest BCUT2D eigenvalue weighted by molar-refractivity contribution is -0.126. The van der Waals surface area contributed by atoms with E-state index in [1.165, 1.54) is 12.5 Å². The highest BCUT2D eigenvalue weighted by molar-refractivity contribution is 9.10. The number of nitrogens with one attached hydrogen (secondary N) is 1. The second-order valence-electron chi connectivity index (χ2n) is 5.13. The van der Waals surface area contributed by atoms with Gasteiger partial charge < -0.3 is 9.32 Å². The Labute approximate surface area is 141 Å². The summed E-state index contributed by atoms with van der Waals surface area (Å²) in [6, 6.07) is 10.9. The van der Waals surface area contributed by atoms with E-state index in [1.807, 2.05) is 24.3 Å². The van der Waals surface area contributed by atoms with E-state index in [2.05, 4.69) is 26.5 Å². The number of amides is 2. The van der Waals surface area contributed by atoms with Gasteiger partial charge in [-0.3, -0.25) is 9.59 Å². The van der Waals surface area contributed by atoms with Crippen molar-refractivity contribution in [1.82, 2.24) is 5.43 Å². The number of hydrogen-bond donors (Lipinski definition) is 1. The first kappa shape index (κ1) is 15.5. The molecule has 7 heteroatoms. The monoisotopic (exact) mass is 375 g/mol. The highest BCUT2D eigenvalue weighted by Crippen LogP contribution is 2.26. The molecule has 1 saturated heterocycles. The lowest BCUT2D eigenvalue weighted by atomic mass is 10.1. The molecule has 3 rings (SSSR count). The summed E-state index contributed by atoms with van der Waals surface area (Å²) < 4.78 is 6.01. The van der Waals surface area contributed by atoms with E-state index in [1.54, 1.807) is 17.0 Å². The molecule has 1 atom stereocenters. The maximum Gasteiger partial charge on any atom is 0.245 e. The Morgan fingerprint density at radius 1 is 1.35 bits per heavy atom. The second kappa shape index (κ2) is 6.78. The number of hydrazone groups is 1. The highest BCUT2D eigenvalue weighted by Gasteiger charge is 2.35. The average molecular weight is 376 g/mol. The van der Waals surface area contributed by atoms with Crippen molar-refractivity contribution in [3.05, 3.63) is 52.9 Å². The Bertz CT molecular complexity index is 726. The van der Waals surface area contributed by atoms with Gasteiger partial charge in [-0.2, -0.15) is 5.10 Å². The number of rotatable bonds is 4. The van der Waals surface area contributed by atoms with E-state index in [0.29, 0.717) is 12.3 Å². The summed E-state index contributed by atoms with van der Waals surface area (Å²) in [5.41, 5.74) is 3.23. The van der Waals surface area contributed by atoms with Crippen LogP contribution in [0.5, 0.6) is 0 Å². The molecule has 1 N–H and O–H groups in total. The van der Waals surface area contributed by atoms with E-state index in [-0.39, 0.29) is 18.2 Å². The number of halogens is 1. The van der Waals surface area contributed by atoms with Crippen LogP contribution >= 0.6 is 15.9 Å². The first-order chi connectivity index (χ1) is 11.1. The molecule has 1 fully saturated rings. The molecule has 0 aliphatic carbocycles. The number of anilines is 1. The van der Waals surface area contributed by atoms with Gasteiger partial charge in [-0.05, 0) is 36.4 Å². The molecule has 1 aromatic heterocycles. The lowest BCUT2D eigenvalue weighted by Crippen LogP contribution is -2.30. The maximum atomic E-state index is 12.1. The van der Waals surface area contributed by atoms with Crippen LogP contribution in [0.4, 0.5) is 5.69 Å². The van der Waals surface area contributed by atoms with Gasteiger partial charge in [0, 0.05) is 23.1 Å². The smallest absolute Gasteiger partial charge is 0.245 e. The van der Waals surface area contributed by atoms with E-state index in [0.717, 1.165) is 10.2 Å². The van der Waals surface area contributed by atoms with E-state index < -0.39 is 5.92 Å². The third kappa shape index (κ3) is 3.68. The highest BCUT2D eigenvalue weighted by atomic mass is 79.9. The van der Waals surface area contributed by atoms with Crippen molar-refractivity contribution in [2.24, 2.45) is 11.0 Å². The molecule has 2 amide bonds. The Kier molecular flexibility index (Phi) is 4.57. The Morgan fingerprint density at radius 3 is 2.83 bits per heavy atom. The fourth-order valence-electron chi connectivity index (χ4n) is 2.37. The molecule has 1 aliphatic heterocycles. The van der Waals surface area contributed by atoms with Crippen LogP contribution in [-0.4, -0.2) is 24.6 Å². The van der Waals surface area contributed by atoms with Crippen LogP contribution in [0.2, 0.25) is 0 Å². The summed E-state index contributed by atoms with van der Waals surface area (Å²) in [5.74, 6) is -0.215. The molecule has 0 bridgehead atoms. The van der Waals surface area contributed by atoms with Gasteiger partial charge in [0.25, 0.3) is 0 Å². The SMILES string of the molecule is O=C(N/N=C\c1ccco1)[C@H]1CC(=O)N(c2ccc(Br)cc2)C1. The van der Waals surface area contributed by atoms with Crippen LogP contribution in [0.1, 0.15) is 12.2 Å². The fourth-order valence-corrected chi connectivity index (χ4v) is 2.63. The predicted molar refractivity (Wildman–Crippen MR) is 89.0 cm³/mol. The second-order valence-corrected chi connectivity index (χ2v) is 6.05. The molecule has 2 aromatic rings. The van der Waals surface area contributed by atoms with Crippen molar-refractivity contribution in [3.8, 4) is 0 Å². The standard InChI is InChI=1S/C16H14BrN3O3/c17-12-3-5-13(6-4-12)20-10-11(8-15(20)21)16(22)19-18-9-14-2-1-7-23-14/h1-7,9,11H,8,10H2,(H,19,22)/b18-9-/t11-/m0/s1. The fraction of sp³-hybridized carbons (Fsp3) is 0.188. The van der Waals surface area contributed by atoms with Gasteiger partial charge in [0.2, 0.25) is 11.8 Å². The van der Waals surface area contributed by atoms with Crippen LogP contribution in [0.25, 0.3) is 0 Å². The largest absolute Gasteiger partial charge is 0.463 e. The number of furan rings is 1. The van der Waals surface area contributed by atoms with Gasteiger partial charge in [0.15, 0.2) is 0 Å². The van der Waals surface area contributed by atoms with Crippen molar-refractivity contribution in [2.45, 2.75) is 6.42 Å². The Balaban J connectivity index is 1.60. The third-order valence-corrected chi connectivity index (χ3v) is 4.07. The number of nitrogens with zero attached hydrogens (tertiary/aromatic N) is 2. The van der Waals surface area contributed by atoms with Gasteiger partial charge in [-0.25, -0.2) is 5.43 Å². The van der Waals surface area contributed by atoms with Gasteiger partial charge >= 0.3 is 0 Å². The van der Waals surface area contributed by atoms with E-state index in [9.17, 15) is 9.59 Å². The zero-order valence-corrected chi connectivity index (χ0v) is 13.7. The van der Waals surface area contributed by atoms with Gasteiger partial charge in [0.1, 0.15) is 5.76 Å². The van der Waals surface area contributed by atoms with E-state index >= 15 is 0 Å². The minimum Gasteiger partial charge on any atom is -0.463 e. The first-order valence-electron chi connectivity index (χ1n) is 7.06. The topological polar surface area (TPSA) is 74.9 Å². The zero-order valence-electron chi connectivity index (χ0n) is 12.1.